The molecule has 184 valence electrons. The first-order valence-corrected chi connectivity index (χ1v) is 12.3. The van der Waals surface area contributed by atoms with Gasteiger partial charge in [-0.25, -0.2) is 4.79 Å². The highest BCUT2D eigenvalue weighted by Gasteiger charge is 2.24. The van der Waals surface area contributed by atoms with Crippen LogP contribution in [0.15, 0.2) is 18.2 Å². The van der Waals surface area contributed by atoms with Crippen LogP contribution < -0.4 is 10.2 Å². The summed E-state index contributed by atoms with van der Waals surface area (Å²) < 4.78 is 0. The van der Waals surface area contributed by atoms with Gasteiger partial charge in [-0.15, -0.1) is 0 Å². The van der Waals surface area contributed by atoms with Crippen LogP contribution in [0, 0.1) is 5.92 Å². The lowest BCUT2D eigenvalue weighted by Gasteiger charge is -2.31. The van der Waals surface area contributed by atoms with E-state index in [1.54, 1.807) is 13.0 Å². The zero-order valence-corrected chi connectivity index (χ0v) is 20.9. The number of nitrogens with zero attached hydrogens (tertiary/aromatic N) is 2. The van der Waals surface area contributed by atoms with Crippen molar-refractivity contribution in [2.75, 3.05) is 18.0 Å². The van der Waals surface area contributed by atoms with E-state index >= 15 is 0 Å². The summed E-state index contributed by atoms with van der Waals surface area (Å²) in [7, 11) is 0. The van der Waals surface area contributed by atoms with Crippen LogP contribution in [-0.4, -0.2) is 53.0 Å². The summed E-state index contributed by atoms with van der Waals surface area (Å²) in [6.07, 6.45) is 5.87. The van der Waals surface area contributed by atoms with Gasteiger partial charge in [-0.1, -0.05) is 33.1 Å². The van der Waals surface area contributed by atoms with Crippen molar-refractivity contribution in [3.8, 4) is 0 Å². The molecule has 0 aliphatic carbocycles. The number of carboxylic acid groups (broad SMARTS) is 1. The normalized spacial score (nSPS) is 17.1. The van der Waals surface area contributed by atoms with Gasteiger partial charge in [0.2, 0.25) is 5.91 Å². The average Bonchev–Trinajstić information content (AvgIpc) is 2.72. The molecule has 0 saturated carbocycles. The maximum absolute atomic E-state index is 13.0. The molecule has 1 aliphatic rings. The van der Waals surface area contributed by atoms with E-state index in [1.165, 1.54) is 12.8 Å². The number of anilines is 1. The van der Waals surface area contributed by atoms with Crippen LogP contribution in [0.2, 0.25) is 0 Å². The van der Waals surface area contributed by atoms with E-state index in [9.17, 15) is 19.5 Å². The Labute approximate surface area is 198 Å². The van der Waals surface area contributed by atoms with E-state index < -0.39 is 17.9 Å². The number of carboxylic acids is 1. The number of amides is 2. The minimum Gasteiger partial charge on any atom is -0.480 e. The summed E-state index contributed by atoms with van der Waals surface area (Å²) in [6, 6.07) is 4.76. The molecule has 0 saturated heterocycles. The topological polar surface area (TPSA) is 90.0 Å². The highest BCUT2D eigenvalue weighted by molar-refractivity contribution is 5.98. The minimum atomic E-state index is -1.03. The van der Waals surface area contributed by atoms with Gasteiger partial charge >= 0.3 is 5.97 Å². The standard InChI is InChI=1S/C26H41N3O4/c1-18(2)15-23(26(32)33)27-25(31)21-11-12-24-22(16-21)17-28(19(3)4)13-9-7-6-8-10-14-29(24)20(5)30/h11-12,16,18-19,23H,6-10,13-15,17H2,1-5H3,(H,27,31)(H,32,33)/t23-/m0/s1. The lowest BCUT2D eigenvalue weighted by Crippen LogP contribution is -2.41. The van der Waals surface area contributed by atoms with Crippen molar-refractivity contribution in [1.82, 2.24) is 10.2 Å². The van der Waals surface area contributed by atoms with Crippen LogP contribution in [0.5, 0.6) is 0 Å². The Morgan fingerprint density at radius 1 is 1.00 bits per heavy atom. The second-order valence-electron chi connectivity index (χ2n) is 9.84. The second-order valence-corrected chi connectivity index (χ2v) is 9.84. The maximum Gasteiger partial charge on any atom is 0.326 e. The second kappa shape index (κ2) is 12.7. The number of aliphatic carboxylic acids is 1. The zero-order chi connectivity index (χ0) is 24.5. The van der Waals surface area contributed by atoms with Crippen molar-refractivity contribution >= 4 is 23.5 Å². The van der Waals surface area contributed by atoms with E-state index in [2.05, 4.69) is 24.1 Å². The number of hydrogen-bond acceptors (Lipinski definition) is 4. The van der Waals surface area contributed by atoms with Crippen molar-refractivity contribution in [1.29, 1.82) is 0 Å². The molecule has 0 radical (unpaired) electrons. The van der Waals surface area contributed by atoms with Crippen LogP contribution >= 0.6 is 0 Å². The third-order valence-corrected chi connectivity index (χ3v) is 6.25. The molecule has 7 heteroatoms. The lowest BCUT2D eigenvalue weighted by atomic mass is 10.0. The van der Waals surface area contributed by atoms with Gasteiger partial charge in [-0.2, -0.15) is 0 Å². The SMILES string of the molecule is CC(=O)N1CCCCCCCN(C(C)C)Cc2cc(C(=O)N[C@@H](CC(C)C)C(=O)O)ccc21. The molecule has 2 N–H and O–H groups in total. The molecule has 2 amide bonds. The van der Waals surface area contributed by atoms with Gasteiger partial charge in [-0.3, -0.25) is 14.5 Å². The van der Waals surface area contributed by atoms with Crippen LogP contribution in [-0.2, 0) is 16.1 Å². The van der Waals surface area contributed by atoms with E-state index in [0.717, 1.165) is 37.1 Å². The van der Waals surface area contributed by atoms with Crippen LogP contribution in [0.4, 0.5) is 5.69 Å². The van der Waals surface area contributed by atoms with Crippen molar-refractivity contribution < 1.29 is 19.5 Å². The quantitative estimate of drug-likeness (QED) is 0.656. The highest BCUT2D eigenvalue weighted by Crippen LogP contribution is 2.27. The van der Waals surface area contributed by atoms with Crippen molar-refractivity contribution in [3.05, 3.63) is 29.3 Å². The summed E-state index contributed by atoms with van der Waals surface area (Å²) in [5.41, 5.74) is 2.17. The average molecular weight is 460 g/mol. The third-order valence-electron chi connectivity index (χ3n) is 6.25. The van der Waals surface area contributed by atoms with E-state index in [-0.39, 0.29) is 11.8 Å². The predicted molar refractivity (Wildman–Crippen MR) is 131 cm³/mol. The number of nitrogens with one attached hydrogen (secondary N) is 1. The molecule has 1 aliphatic heterocycles. The van der Waals surface area contributed by atoms with Crippen LogP contribution in [0.3, 0.4) is 0 Å². The summed E-state index contributed by atoms with van der Waals surface area (Å²) in [4.78, 5) is 41.3. The molecular weight excluding hydrogens is 418 g/mol. The van der Waals surface area contributed by atoms with Crippen molar-refractivity contribution in [2.45, 2.75) is 91.8 Å². The largest absolute Gasteiger partial charge is 0.480 e. The molecule has 33 heavy (non-hydrogen) atoms. The van der Waals surface area contributed by atoms with Gasteiger partial charge < -0.3 is 15.3 Å². The fraction of sp³-hybridized carbons (Fsp3) is 0.654. The summed E-state index contributed by atoms with van der Waals surface area (Å²) in [6.45, 7) is 12.0. The Hall–Kier alpha value is -2.41. The minimum absolute atomic E-state index is 0.00974. The van der Waals surface area contributed by atoms with Crippen LogP contribution in [0.25, 0.3) is 0 Å². The number of benzene rings is 1. The summed E-state index contributed by atoms with van der Waals surface area (Å²) in [5.74, 6) is -1.30. The summed E-state index contributed by atoms with van der Waals surface area (Å²) >= 11 is 0. The zero-order valence-electron chi connectivity index (χ0n) is 20.9. The predicted octanol–water partition coefficient (Wildman–Crippen LogP) is 4.44. The molecule has 1 atom stereocenters. The number of fused-ring (bicyclic) bond motifs is 1. The number of rotatable bonds is 6. The fourth-order valence-corrected chi connectivity index (χ4v) is 4.35. The Balaban J connectivity index is 2.42. The number of carbonyl (C=O) groups excluding carboxylic acids is 2. The van der Waals surface area contributed by atoms with E-state index in [1.807, 2.05) is 30.9 Å². The van der Waals surface area contributed by atoms with Gasteiger partial charge in [-0.05, 0) is 69.3 Å². The molecule has 0 aromatic heterocycles. The fourth-order valence-electron chi connectivity index (χ4n) is 4.35. The smallest absolute Gasteiger partial charge is 0.326 e. The van der Waals surface area contributed by atoms with Gasteiger partial charge in [0.1, 0.15) is 6.04 Å². The molecule has 1 heterocycles. The number of carbonyl (C=O) groups is 3. The monoisotopic (exact) mass is 459 g/mol. The van der Waals surface area contributed by atoms with E-state index in [4.69, 9.17) is 0 Å². The maximum atomic E-state index is 13.0. The molecule has 2 rings (SSSR count). The Kier molecular flexibility index (Phi) is 10.4. The van der Waals surface area contributed by atoms with Gasteiger partial charge in [0, 0.05) is 37.3 Å². The van der Waals surface area contributed by atoms with Gasteiger partial charge in [0.05, 0.1) is 0 Å². The van der Waals surface area contributed by atoms with Gasteiger partial charge in [0.25, 0.3) is 5.91 Å². The molecule has 1 aromatic rings. The Morgan fingerprint density at radius 2 is 1.64 bits per heavy atom. The molecule has 0 fully saturated rings. The molecule has 0 unspecified atom stereocenters. The van der Waals surface area contributed by atoms with E-state index in [0.29, 0.717) is 31.1 Å². The molecular formula is C26H41N3O4. The molecule has 1 aromatic carbocycles. The molecule has 0 spiro atoms. The molecule has 0 bridgehead atoms. The third kappa shape index (κ3) is 8.14. The molecule has 7 nitrogen and oxygen atoms in total. The Morgan fingerprint density at radius 3 is 2.21 bits per heavy atom. The van der Waals surface area contributed by atoms with Gasteiger partial charge in [0.15, 0.2) is 0 Å². The highest BCUT2D eigenvalue weighted by atomic mass is 16.4. The Bertz CT molecular complexity index is 822. The van der Waals surface area contributed by atoms with Crippen molar-refractivity contribution in [3.63, 3.8) is 0 Å². The first-order chi connectivity index (χ1) is 15.6. The first kappa shape index (κ1) is 26.8. The number of hydrogen-bond donors (Lipinski definition) is 2. The lowest BCUT2D eigenvalue weighted by molar-refractivity contribution is -0.139. The first-order valence-electron chi connectivity index (χ1n) is 12.3. The summed E-state index contributed by atoms with van der Waals surface area (Å²) in [5, 5.41) is 12.2. The van der Waals surface area contributed by atoms with Crippen molar-refractivity contribution in [2.24, 2.45) is 5.92 Å². The van der Waals surface area contributed by atoms with Crippen LogP contribution in [0.1, 0.15) is 89.1 Å².